The summed E-state index contributed by atoms with van der Waals surface area (Å²) in [6, 6.07) is 18.2. The Morgan fingerprint density at radius 1 is 0.833 bits per heavy atom. The summed E-state index contributed by atoms with van der Waals surface area (Å²) in [5.74, 6) is -0.786. The third-order valence-corrected chi connectivity index (χ3v) is 4.11. The lowest BCUT2D eigenvalue weighted by Gasteiger charge is -2.07. The maximum atomic E-state index is 12.7. The highest BCUT2D eigenvalue weighted by atomic mass is 16.3. The van der Waals surface area contributed by atoms with Crippen molar-refractivity contribution in [1.29, 1.82) is 0 Å². The van der Waals surface area contributed by atoms with E-state index < -0.39 is 5.75 Å². The Balaban J connectivity index is 1.93. The summed E-state index contributed by atoms with van der Waals surface area (Å²) in [6.07, 6.45) is 0.695. The Bertz CT molecular complexity index is 1110. The highest BCUT2D eigenvalue weighted by Crippen LogP contribution is 2.33. The fourth-order valence-corrected chi connectivity index (χ4v) is 2.90. The lowest BCUT2D eigenvalue weighted by Crippen LogP contribution is -2.03. The molecule has 3 aromatic carbocycles. The van der Waals surface area contributed by atoms with Crippen LogP contribution in [0.4, 0.5) is 0 Å². The quantitative estimate of drug-likeness (QED) is 0.434. The third-order valence-electron chi connectivity index (χ3n) is 4.11. The number of phenolic OH excluding ortho intramolecular Hbond substituents is 2. The molecule has 2 N–H and O–H groups in total. The van der Waals surface area contributed by atoms with Crippen molar-refractivity contribution in [2.45, 2.75) is 6.42 Å². The van der Waals surface area contributed by atoms with E-state index in [-0.39, 0.29) is 22.1 Å². The van der Waals surface area contributed by atoms with E-state index in [1.807, 2.05) is 36.4 Å². The smallest absolute Gasteiger partial charge is 0.204 e. The Labute approximate surface area is 137 Å². The molecule has 0 amide bonds. The highest BCUT2D eigenvalue weighted by Gasteiger charge is 2.14. The highest BCUT2D eigenvalue weighted by molar-refractivity contribution is 5.94. The second-order valence-electron chi connectivity index (χ2n) is 5.73. The molecule has 1 aromatic heterocycles. The minimum absolute atomic E-state index is 0.000592. The van der Waals surface area contributed by atoms with Gasteiger partial charge in [-0.25, -0.2) is 0 Å². The predicted octanol–water partition coefficient (Wildman–Crippen LogP) is 3.95. The Kier molecular flexibility index (Phi) is 3.24. The second kappa shape index (κ2) is 5.42. The van der Waals surface area contributed by atoms with Crippen LogP contribution in [-0.2, 0) is 6.42 Å². The molecule has 0 fully saturated rings. The van der Waals surface area contributed by atoms with Gasteiger partial charge in [0.2, 0.25) is 5.43 Å². The van der Waals surface area contributed by atoms with Gasteiger partial charge >= 0.3 is 0 Å². The molecule has 0 spiro atoms. The molecule has 0 unspecified atom stereocenters. The van der Waals surface area contributed by atoms with E-state index in [4.69, 9.17) is 4.42 Å². The number of hydrogen-bond acceptors (Lipinski definition) is 4. The summed E-state index contributed by atoms with van der Waals surface area (Å²) in [6.45, 7) is 0. The van der Waals surface area contributed by atoms with Crippen molar-refractivity contribution >= 4 is 21.9 Å². The molecule has 4 nitrogen and oxygen atoms in total. The van der Waals surface area contributed by atoms with Crippen LogP contribution in [0.2, 0.25) is 0 Å². The van der Waals surface area contributed by atoms with Gasteiger partial charge in [0.15, 0.2) is 11.5 Å². The molecule has 0 aliphatic heterocycles. The normalized spacial score (nSPS) is 11.2. The number of benzene rings is 3. The van der Waals surface area contributed by atoms with Crippen LogP contribution >= 0.6 is 0 Å². The molecular weight excluding hydrogens is 304 g/mol. The molecule has 4 rings (SSSR count). The van der Waals surface area contributed by atoms with Crippen molar-refractivity contribution < 1.29 is 14.6 Å². The summed E-state index contributed by atoms with van der Waals surface area (Å²) >= 11 is 0. The molecule has 0 saturated heterocycles. The summed E-state index contributed by atoms with van der Waals surface area (Å²) < 4.78 is 5.70. The average Bonchev–Trinajstić information content (AvgIpc) is 2.60. The lowest BCUT2D eigenvalue weighted by molar-refractivity contribution is 0.407. The zero-order valence-electron chi connectivity index (χ0n) is 12.7. The van der Waals surface area contributed by atoms with Crippen LogP contribution in [0.15, 0.2) is 69.9 Å². The van der Waals surface area contributed by atoms with Crippen LogP contribution < -0.4 is 5.43 Å². The van der Waals surface area contributed by atoms with E-state index in [9.17, 15) is 15.0 Å². The first kappa shape index (κ1) is 14.3. The predicted molar refractivity (Wildman–Crippen MR) is 92.6 cm³/mol. The fraction of sp³-hybridized carbons (Fsp3) is 0.0500. The summed E-state index contributed by atoms with van der Waals surface area (Å²) in [5.41, 5.74) is 2.46. The maximum absolute atomic E-state index is 12.7. The van der Waals surface area contributed by atoms with E-state index in [0.29, 0.717) is 17.4 Å². The summed E-state index contributed by atoms with van der Waals surface area (Å²) in [7, 11) is 0. The molecule has 0 radical (unpaired) electrons. The van der Waals surface area contributed by atoms with Crippen LogP contribution in [0, 0.1) is 0 Å². The number of phenols is 2. The lowest BCUT2D eigenvalue weighted by atomic mass is 10.0. The molecule has 0 atom stereocenters. The van der Waals surface area contributed by atoms with Crippen LogP contribution in [0.1, 0.15) is 11.1 Å². The van der Waals surface area contributed by atoms with Crippen LogP contribution in [0.3, 0.4) is 0 Å². The summed E-state index contributed by atoms with van der Waals surface area (Å²) in [4.78, 5) is 12.7. The Hall–Kier alpha value is -3.27. The number of fused-ring (bicyclic) bond motifs is 2. The molecule has 0 saturated carbocycles. The number of aromatic hydroxyl groups is 2. The van der Waals surface area contributed by atoms with E-state index >= 15 is 0 Å². The van der Waals surface area contributed by atoms with Crippen molar-refractivity contribution in [2.75, 3.05) is 0 Å². The van der Waals surface area contributed by atoms with E-state index in [0.717, 1.165) is 11.1 Å². The van der Waals surface area contributed by atoms with Gasteiger partial charge in [-0.05, 0) is 41.8 Å². The van der Waals surface area contributed by atoms with Gasteiger partial charge in [0, 0.05) is 0 Å². The molecule has 1 heterocycles. The van der Waals surface area contributed by atoms with Crippen LogP contribution in [0.25, 0.3) is 21.9 Å². The van der Waals surface area contributed by atoms with Crippen molar-refractivity contribution in [3.8, 4) is 11.5 Å². The van der Waals surface area contributed by atoms with Gasteiger partial charge in [-0.2, -0.15) is 0 Å². The molecule has 24 heavy (non-hydrogen) atoms. The van der Waals surface area contributed by atoms with Crippen molar-refractivity contribution in [3.63, 3.8) is 0 Å². The van der Waals surface area contributed by atoms with E-state index in [1.54, 1.807) is 12.1 Å². The minimum atomic E-state index is -0.448. The van der Waals surface area contributed by atoms with E-state index in [1.165, 1.54) is 12.1 Å². The second-order valence-corrected chi connectivity index (χ2v) is 5.73. The zero-order valence-corrected chi connectivity index (χ0v) is 12.7. The molecule has 4 aromatic rings. The van der Waals surface area contributed by atoms with Crippen LogP contribution in [0.5, 0.6) is 11.5 Å². The first-order valence-electron chi connectivity index (χ1n) is 7.58. The van der Waals surface area contributed by atoms with Gasteiger partial charge in [-0.1, -0.05) is 36.4 Å². The molecular formula is C20H14O4. The SMILES string of the molecule is O=c1c2cc(Cc3ccccc3)ccc2oc2ccc(O)c(O)c12. The molecule has 0 aliphatic rings. The van der Waals surface area contributed by atoms with Crippen molar-refractivity contribution in [3.05, 3.63) is 82.0 Å². The topological polar surface area (TPSA) is 70.7 Å². The van der Waals surface area contributed by atoms with Gasteiger partial charge in [0.05, 0.1) is 5.39 Å². The van der Waals surface area contributed by atoms with Crippen molar-refractivity contribution in [1.82, 2.24) is 0 Å². The Morgan fingerprint density at radius 2 is 1.58 bits per heavy atom. The average molecular weight is 318 g/mol. The maximum Gasteiger partial charge on any atom is 0.204 e. The van der Waals surface area contributed by atoms with Gasteiger partial charge in [0.25, 0.3) is 0 Å². The monoisotopic (exact) mass is 318 g/mol. The molecule has 0 bridgehead atoms. The van der Waals surface area contributed by atoms with Gasteiger partial charge in [-0.3, -0.25) is 4.79 Å². The van der Waals surface area contributed by atoms with E-state index in [2.05, 4.69) is 0 Å². The first-order chi connectivity index (χ1) is 11.6. The van der Waals surface area contributed by atoms with Gasteiger partial charge < -0.3 is 14.6 Å². The molecule has 4 heteroatoms. The first-order valence-corrected chi connectivity index (χ1v) is 7.58. The van der Waals surface area contributed by atoms with Crippen molar-refractivity contribution in [2.24, 2.45) is 0 Å². The largest absolute Gasteiger partial charge is 0.504 e. The van der Waals surface area contributed by atoms with Crippen LogP contribution in [-0.4, -0.2) is 10.2 Å². The third kappa shape index (κ3) is 2.29. The Morgan fingerprint density at radius 3 is 2.38 bits per heavy atom. The minimum Gasteiger partial charge on any atom is -0.504 e. The number of rotatable bonds is 2. The molecule has 118 valence electrons. The fourth-order valence-electron chi connectivity index (χ4n) is 2.90. The zero-order chi connectivity index (χ0) is 16.7. The van der Waals surface area contributed by atoms with Gasteiger partial charge in [-0.15, -0.1) is 0 Å². The number of hydrogen-bond donors (Lipinski definition) is 2. The summed E-state index contributed by atoms with van der Waals surface area (Å²) in [5, 5.41) is 20.0. The standard InChI is InChI=1S/C20H14O4/c21-15-7-9-17-18(20(15)23)19(22)14-11-13(6-8-16(14)24-17)10-12-4-2-1-3-5-12/h1-9,11,21,23H,10H2. The molecule has 0 aliphatic carbocycles. The van der Waals surface area contributed by atoms with Gasteiger partial charge in [0.1, 0.15) is 16.6 Å².